The van der Waals surface area contributed by atoms with Gasteiger partial charge in [-0.3, -0.25) is 4.90 Å². The Hall–Kier alpha value is -0.130. The molecule has 17 heavy (non-hydrogen) atoms. The number of hydrogen-bond donors (Lipinski definition) is 1. The molecule has 2 aliphatic rings. The van der Waals surface area contributed by atoms with Gasteiger partial charge in [-0.2, -0.15) is 0 Å². The van der Waals surface area contributed by atoms with E-state index in [2.05, 4.69) is 4.90 Å². The van der Waals surface area contributed by atoms with Gasteiger partial charge in [-0.15, -0.1) is 0 Å². The van der Waals surface area contributed by atoms with Crippen LogP contribution >= 0.6 is 0 Å². The Morgan fingerprint density at radius 2 is 1.94 bits per heavy atom. The number of piperidine rings is 1. The summed E-state index contributed by atoms with van der Waals surface area (Å²) in [5.41, 5.74) is 0. The molecule has 5 heteroatoms. The fraction of sp³-hybridized carbons (Fsp3) is 1.00. The summed E-state index contributed by atoms with van der Waals surface area (Å²) < 4.78 is 23.2. The molecule has 1 aliphatic heterocycles. The van der Waals surface area contributed by atoms with Gasteiger partial charge in [-0.05, 0) is 38.6 Å². The Morgan fingerprint density at radius 1 is 1.18 bits per heavy atom. The van der Waals surface area contributed by atoms with Crippen LogP contribution in [0.3, 0.4) is 0 Å². The molecule has 1 heterocycles. The van der Waals surface area contributed by atoms with Crippen molar-refractivity contribution in [3.8, 4) is 0 Å². The van der Waals surface area contributed by atoms with Gasteiger partial charge in [0, 0.05) is 18.8 Å². The molecule has 0 amide bonds. The van der Waals surface area contributed by atoms with E-state index in [1.54, 1.807) is 0 Å². The number of hydrogen-bond acceptors (Lipinski definition) is 4. The minimum atomic E-state index is -2.90. The first kappa shape index (κ1) is 13.3. The lowest BCUT2D eigenvalue weighted by molar-refractivity contribution is 0.0366. The number of aliphatic hydroxyl groups excluding tert-OH is 1. The van der Waals surface area contributed by atoms with Crippen molar-refractivity contribution in [2.75, 3.05) is 19.3 Å². The van der Waals surface area contributed by atoms with Crippen LogP contribution in [0, 0.1) is 0 Å². The third kappa shape index (κ3) is 3.42. The van der Waals surface area contributed by atoms with E-state index in [-0.39, 0.29) is 11.4 Å². The van der Waals surface area contributed by atoms with Crippen molar-refractivity contribution >= 4 is 9.84 Å². The van der Waals surface area contributed by atoms with Crippen LogP contribution in [0.4, 0.5) is 0 Å². The largest absolute Gasteiger partial charge is 0.392 e. The average Bonchev–Trinajstić information content (AvgIpc) is 2.28. The number of likely N-dealkylation sites (tertiary alicyclic amines) is 1. The third-order valence-electron chi connectivity index (χ3n) is 4.15. The van der Waals surface area contributed by atoms with Crippen LogP contribution in [-0.4, -0.2) is 55.2 Å². The first-order chi connectivity index (χ1) is 7.97. The minimum Gasteiger partial charge on any atom is -0.392 e. The van der Waals surface area contributed by atoms with Crippen molar-refractivity contribution in [2.45, 2.75) is 55.9 Å². The predicted molar refractivity (Wildman–Crippen MR) is 67.7 cm³/mol. The van der Waals surface area contributed by atoms with Crippen molar-refractivity contribution in [3.05, 3.63) is 0 Å². The highest BCUT2D eigenvalue weighted by Gasteiger charge is 2.33. The quantitative estimate of drug-likeness (QED) is 0.799. The molecule has 0 aromatic rings. The van der Waals surface area contributed by atoms with Crippen LogP contribution in [0.2, 0.25) is 0 Å². The lowest BCUT2D eigenvalue weighted by atomic mass is 9.92. The number of nitrogens with zero attached hydrogens (tertiary/aromatic N) is 1. The van der Waals surface area contributed by atoms with Gasteiger partial charge in [-0.1, -0.05) is 6.42 Å². The zero-order chi connectivity index (χ0) is 12.5. The molecule has 0 spiro atoms. The summed E-state index contributed by atoms with van der Waals surface area (Å²) in [7, 11) is -2.90. The van der Waals surface area contributed by atoms with Gasteiger partial charge < -0.3 is 5.11 Å². The van der Waals surface area contributed by atoms with Crippen LogP contribution in [0.15, 0.2) is 0 Å². The molecule has 1 saturated carbocycles. The Morgan fingerprint density at radius 3 is 2.59 bits per heavy atom. The molecule has 2 fully saturated rings. The molecule has 4 nitrogen and oxygen atoms in total. The number of rotatable bonds is 2. The van der Waals surface area contributed by atoms with Gasteiger partial charge in [-0.25, -0.2) is 8.42 Å². The Kier molecular flexibility index (Phi) is 4.10. The summed E-state index contributed by atoms with van der Waals surface area (Å²) in [4.78, 5) is 2.30. The SMILES string of the molecule is CS(=O)(=O)C1CCCC(N2CCCC(O)C2)C1. The second kappa shape index (κ2) is 5.24. The van der Waals surface area contributed by atoms with E-state index in [1.807, 2.05) is 0 Å². The van der Waals surface area contributed by atoms with E-state index in [4.69, 9.17) is 0 Å². The topological polar surface area (TPSA) is 57.6 Å². The second-order valence-corrected chi connectivity index (χ2v) is 7.89. The van der Waals surface area contributed by atoms with Crippen molar-refractivity contribution in [3.63, 3.8) is 0 Å². The van der Waals surface area contributed by atoms with E-state index >= 15 is 0 Å². The fourth-order valence-corrected chi connectivity index (χ4v) is 4.32. The van der Waals surface area contributed by atoms with Gasteiger partial charge in [0.05, 0.1) is 11.4 Å². The van der Waals surface area contributed by atoms with Crippen LogP contribution in [0.25, 0.3) is 0 Å². The zero-order valence-corrected chi connectivity index (χ0v) is 11.3. The molecule has 2 rings (SSSR count). The molecule has 100 valence electrons. The average molecular weight is 261 g/mol. The normalized spacial score (nSPS) is 36.9. The number of sulfone groups is 1. The fourth-order valence-electron chi connectivity index (χ4n) is 3.16. The van der Waals surface area contributed by atoms with Crippen molar-refractivity contribution < 1.29 is 13.5 Å². The summed E-state index contributed by atoms with van der Waals surface area (Å²) in [6.07, 6.45) is 6.69. The van der Waals surface area contributed by atoms with Gasteiger partial charge in [0.1, 0.15) is 9.84 Å². The molecule has 3 unspecified atom stereocenters. The highest BCUT2D eigenvalue weighted by Crippen LogP contribution is 2.29. The standard InChI is InChI=1S/C12H23NO3S/c1-17(15,16)12-6-2-4-10(8-12)13-7-3-5-11(14)9-13/h10-12,14H,2-9H2,1H3. The smallest absolute Gasteiger partial charge is 0.150 e. The molecular formula is C12H23NO3S. The molecule has 1 aliphatic carbocycles. The molecular weight excluding hydrogens is 238 g/mol. The molecule has 0 radical (unpaired) electrons. The Balaban J connectivity index is 1.97. The zero-order valence-electron chi connectivity index (χ0n) is 10.5. The molecule has 0 aromatic heterocycles. The second-order valence-electron chi connectivity index (χ2n) is 5.56. The van der Waals surface area contributed by atoms with Gasteiger partial charge in [0.25, 0.3) is 0 Å². The first-order valence-electron chi connectivity index (χ1n) is 6.58. The summed E-state index contributed by atoms with van der Waals surface area (Å²) >= 11 is 0. The molecule has 1 saturated heterocycles. The minimum absolute atomic E-state index is 0.166. The van der Waals surface area contributed by atoms with Gasteiger partial charge >= 0.3 is 0 Å². The van der Waals surface area contributed by atoms with Crippen LogP contribution in [0.5, 0.6) is 0 Å². The van der Waals surface area contributed by atoms with Crippen LogP contribution in [0.1, 0.15) is 38.5 Å². The maximum absolute atomic E-state index is 11.6. The molecule has 3 atom stereocenters. The van der Waals surface area contributed by atoms with Gasteiger partial charge in [0.2, 0.25) is 0 Å². The van der Waals surface area contributed by atoms with Crippen LogP contribution < -0.4 is 0 Å². The molecule has 0 aromatic carbocycles. The van der Waals surface area contributed by atoms with E-state index < -0.39 is 9.84 Å². The van der Waals surface area contributed by atoms with Crippen molar-refractivity contribution in [1.82, 2.24) is 4.90 Å². The Labute approximate surface area is 104 Å². The van der Waals surface area contributed by atoms with Gasteiger partial charge in [0.15, 0.2) is 0 Å². The van der Waals surface area contributed by atoms with Crippen molar-refractivity contribution in [1.29, 1.82) is 0 Å². The Bertz CT molecular complexity index is 355. The van der Waals surface area contributed by atoms with Crippen molar-refractivity contribution in [2.24, 2.45) is 0 Å². The maximum atomic E-state index is 11.6. The predicted octanol–water partition coefficient (Wildman–Crippen LogP) is 0.799. The number of aliphatic hydroxyl groups is 1. The monoisotopic (exact) mass is 261 g/mol. The third-order valence-corrected chi connectivity index (χ3v) is 5.79. The highest BCUT2D eigenvalue weighted by molar-refractivity contribution is 7.91. The maximum Gasteiger partial charge on any atom is 0.150 e. The van der Waals surface area contributed by atoms with E-state index in [1.165, 1.54) is 6.26 Å². The highest BCUT2D eigenvalue weighted by atomic mass is 32.2. The summed E-state index contributed by atoms with van der Waals surface area (Å²) in [6.45, 7) is 1.74. The summed E-state index contributed by atoms with van der Waals surface area (Å²) in [6, 6.07) is 0.360. The lowest BCUT2D eigenvalue weighted by Crippen LogP contribution is -2.48. The van der Waals surface area contributed by atoms with E-state index in [0.29, 0.717) is 6.04 Å². The summed E-state index contributed by atoms with van der Waals surface area (Å²) in [5, 5.41) is 9.51. The molecule has 0 bridgehead atoms. The van der Waals surface area contributed by atoms with E-state index in [9.17, 15) is 13.5 Å². The molecule has 1 N–H and O–H groups in total. The van der Waals surface area contributed by atoms with Crippen LogP contribution in [-0.2, 0) is 9.84 Å². The lowest BCUT2D eigenvalue weighted by Gasteiger charge is -2.40. The summed E-state index contributed by atoms with van der Waals surface area (Å²) in [5.74, 6) is 0. The van der Waals surface area contributed by atoms with E-state index in [0.717, 1.165) is 51.6 Å². The number of β-amino-alcohol motifs (C(OH)–C–C–N with tert-alkyl or cyclic N) is 1. The first-order valence-corrected chi connectivity index (χ1v) is 8.53.